The number of H-pyrrole nitrogens is 1. The zero-order valence-corrected chi connectivity index (χ0v) is 13.5. The van der Waals surface area contributed by atoms with Crippen LogP contribution in [0.1, 0.15) is 11.1 Å². The Kier molecular flexibility index (Phi) is 3.89. The van der Waals surface area contributed by atoms with Crippen LogP contribution in [0.15, 0.2) is 72.8 Å². The number of fused-ring (bicyclic) bond motifs is 1. The largest absolute Gasteiger partial charge is 0.381 e. The van der Waals surface area contributed by atoms with Gasteiger partial charge in [-0.1, -0.05) is 36.4 Å². The molecule has 0 unspecified atom stereocenters. The first-order chi connectivity index (χ1) is 12.3. The molecule has 25 heavy (non-hydrogen) atoms. The average Bonchev–Trinajstić information content (AvgIpc) is 3.11. The third kappa shape index (κ3) is 3.22. The van der Waals surface area contributed by atoms with Crippen LogP contribution in [-0.2, 0) is 6.54 Å². The van der Waals surface area contributed by atoms with E-state index in [1.165, 1.54) is 0 Å². The molecule has 4 aromatic rings. The highest BCUT2D eigenvalue weighted by atomic mass is 14.9. The van der Waals surface area contributed by atoms with Crippen molar-refractivity contribution in [3.8, 4) is 17.5 Å². The van der Waals surface area contributed by atoms with E-state index in [4.69, 9.17) is 5.26 Å². The maximum atomic E-state index is 8.85. The number of nitrogens with one attached hydrogen (secondary N) is 2. The van der Waals surface area contributed by atoms with Gasteiger partial charge in [-0.2, -0.15) is 5.26 Å². The molecule has 0 amide bonds. The van der Waals surface area contributed by atoms with Gasteiger partial charge in [0.25, 0.3) is 0 Å². The molecular formula is C21H16N4. The van der Waals surface area contributed by atoms with Gasteiger partial charge in [-0.05, 0) is 42.0 Å². The van der Waals surface area contributed by atoms with Crippen LogP contribution in [0, 0.1) is 11.3 Å². The zero-order chi connectivity index (χ0) is 17.1. The molecule has 0 fully saturated rings. The van der Waals surface area contributed by atoms with Crippen LogP contribution in [-0.4, -0.2) is 9.97 Å². The number of rotatable bonds is 4. The van der Waals surface area contributed by atoms with Crippen molar-refractivity contribution in [1.82, 2.24) is 9.97 Å². The highest BCUT2D eigenvalue weighted by molar-refractivity contribution is 5.79. The molecule has 2 N–H and O–H groups in total. The highest BCUT2D eigenvalue weighted by Crippen LogP contribution is 2.23. The summed E-state index contributed by atoms with van der Waals surface area (Å²) in [5.74, 6) is 0.864. The van der Waals surface area contributed by atoms with E-state index in [0.717, 1.165) is 33.7 Å². The predicted octanol–water partition coefficient (Wildman–Crippen LogP) is 4.71. The van der Waals surface area contributed by atoms with E-state index >= 15 is 0 Å². The molecule has 0 aliphatic heterocycles. The molecule has 0 bridgehead atoms. The van der Waals surface area contributed by atoms with Crippen molar-refractivity contribution < 1.29 is 0 Å². The van der Waals surface area contributed by atoms with E-state index in [9.17, 15) is 0 Å². The van der Waals surface area contributed by atoms with E-state index in [2.05, 4.69) is 27.4 Å². The number of hydrogen-bond donors (Lipinski definition) is 2. The van der Waals surface area contributed by atoms with Gasteiger partial charge in [0.2, 0.25) is 0 Å². The lowest BCUT2D eigenvalue weighted by atomic mass is 10.1. The Hall–Kier alpha value is -3.58. The molecule has 4 nitrogen and oxygen atoms in total. The third-order valence-electron chi connectivity index (χ3n) is 4.11. The first-order valence-corrected chi connectivity index (χ1v) is 8.10. The number of para-hydroxylation sites is 2. The van der Waals surface area contributed by atoms with Gasteiger partial charge in [-0.25, -0.2) is 4.98 Å². The number of benzene rings is 3. The second kappa shape index (κ2) is 6.50. The minimum Gasteiger partial charge on any atom is -0.381 e. The van der Waals surface area contributed by atoms with Gasteiger partial charge < -0.3 is 10.3 Å². The summed E-state index contributed by atoms with van der Waals surface area (Å²) in [6.45, 7) is 0.704. The van der Waals surface area contributed by atoms with Crippen molar-refractivity contribution >= 4 is 16.7 Å². The molecule has 0 aliphatic carbocycles. The lowest BCUT2D eigenvalue weighted by Gasteiger charge is -2.08. The molecule has 1 heterocycles. The summed E-state index contributed by atoms with van der Waals surface area (Å²) in [6, 6.07) is 25.9. The van der Waals surface area contributed by atoms with Crippen LogP contribution in [0.3, 0.4) is 0 Å². The van der Waals surface area contributed by atoms with Crippen LogP contribution in [0.4, 0.5) is 5.69 Å². The van der Waals surface area contributed by atoms with Crippen molar-refractivity contribution in [3.05, 3.63) is 83.9 Å². The molecule has 4 heteroatoms. The van der Waals surface area contributed by atoms with Crippen LogP contribution in [0.5, 0.6) is 0 Å². The summed E-state index contributed by atoms with van der Waals surface area (Å²) < 4.78 is 0. The molecular weight excluding hydrogens is 308 g/mol. The van der Waals surface area contributed by atoms with Crippen LogP contribution < -0.4 is 5.32 Å². The average molecular weight is 324 g/mol. The topological polar surface area (TPSA) is 64.5 Å². The molecule has 0 saturated heterocycles. The van der Waals surface area contributed by atoms with Crippen molar-refractivity contribution in [1.29, 1.82) is 5.26 Å². The van der Waals surface area contributed by atoms with Gasteiger partial charge in [0, 0.05) is 17.8 Å². The lowest BCUT2D eigenvalue weighted by Crippen LogP contribution is -1.99. The number of aromatic amines is 1. The van der Waals surface area contributed by atoms with Gasteiger partial charge in [0.1, 0.15) is 5.82 Å². The SMILES string of the molecule is N#Cc1ccc(CNc2cccc(-c3nc4ccccc4[nH]3)c2)cc1. The fourth-order valence-electron chi connectivity index (χ4n) is 2.77. The number of anilines is 1. The van der Waals surface area contributed by atoms with Gasteiger partial charge in [-0.3, -0.25) is 0 Å². The van der Waals surface area contributed by atoms with Gasteiger partial charge >= 0.3 is 0 Å². The molecule has 120 valence electrons. The fourth-order valence-corrected chi connectivity index (χ4v) is 2.77. The Bertz CT molecular complexity index is 1020. The summed E-state index contributed by atoms with van der Waals surface area (Å²) in [5.41, 5.74) is 5.88. The predicted molar refractivity (Wildman–Crippen MR) is 100 cm³/mol. The number of imidazole rings is 1. The number of nitrogens with zero attached hydrogens (tertiary/aromatic N) is 2. The first kappa shape index (κ1) is 15.0. The summed E-state index contributed by atoms with van der Waals surface area (Å²) in [5, 5.41) is 12.3. The molecule has 4 rings (SSSR count). The van der Waals surface area contributed by atoms with Crippen molar-refractivity contribution in [2.24, 2.45) is 0 Å². The molecule has 0 radical (unpaired) electrons. The maximum Gasteiger partial charge on any atom is 0.138 e. The fraction of sp³-hybridized carbons (Fsp3) is 0.0476. The minimum atomic E-state index is 0.677. The van der Waals surface area contributed by atoms with E-state index in [1.54, 1.807) is 0 Å². The Morgan fingerprint density at radius 3 is 2.60 bits per heavy atom. The van der Waals surface area contributed by atoms with Gasteiger partial charge in [0.05, 0.1) is 22.7 Å². The summed E-state index contributed by atoms with van der Waals surface area (Å²) in [4.78, 5) is 8.00. The molecule has 0 spiro atoms. The van der Waals surface area contributed by atoms with E-state index in [0.29, 0.717) is 12.1 Å². The molecule has 0 saturated carbocycles. The van der Waals surface area contributed by atoms with E-state index in [1.807, 2.05) is 66.7 Å². The zero-order valence-electron chi connectivity index (χ0n) is 13.5. The normalized spacial score (nSPS) is 10.5. The number of nitriles is 1. The van der Waals surface area contributed by atoms with Crippen LogP contribution >= 0.6 is 0 Å². The molecule has 0 aliphatic rings. The van der Waals surface area contributed by atoms with Gasteiger partial charge in [-0.15, -0.1) is 0 Å². The maximum absolute atomic E-state index is 8.85. The van der Waals surface area contributed by atoms with E-state index < -0.39 is 0 Å². The summed E-state index contributed by atoms with van der Waals surface area (Å²) in [7, 11) is 0. The van der Waals surface area contributed by atoms with Crippen molar-refractivity contribution in [3.63, 3.8) is 0 Å². The summed E-state index contributed by atoms with van der Waals surface area (Å²) in [6.07, 6.45) is 0. The Morgan fingerprint density at radius 1 is 0.960 bits per heavy atom. The quantitative estimate of drug-likeness (QED) is 0.571. The van der Waals surface area contributed by atoms with Crippen LogP contribution in [0.25, 0.3) is 22.4 Å². The highest BCUT2D eigenvalue weighted by Gasteiger charge is 2.05. The summed E-state index contributed by atoms with van der Waals surface area (Å²) >= 11 is 0. The monoisotopic (exact) mass is 324 g/mol. The van der Waals surface area contributed by atoms with E-state index in [-0.39, 0.29) is 0 Å². The van der Waals surface area contributed by atoms with Crippen molar-refractivity contribution in [2.75, 3.05) is 5.32 Å². The molecule has 3 aromatic carbocycles. The lowest BCUT2D eigenvalue weighted by molar-refractivity contribution is 1.15. The van der Waals surface area contributed by atoms with Gasteiger partial charge in [0.15, 0.2) is 0 Å². The number of aromatic nitrogens is 2. The second-order valence-electron chi connectivity index (χ2n) is 5.85. The second-order valence-corrected chi connectivity index (χ2v) is 5.85. The van der Waals surface area contributed by atoms with Crippen molar-refractivity contribution in [2.45, 2.75) is 6.54 Å². The molecule has 0 atom stereocenters. The first-order valence-electron chi connectivity index (χ1n) is 8.10. The third-order valence-corrected chi connectivity index (χ3v) is 4.11. The Morgan fingerprint density at radius 2 is 1.80 bits per heavy atom. The Labute approximate surface area is 145 Å². The standard InChI is InChI=1S/C21H16N4/c22-13-15-8-10-16(11-9-15)14-23-18-5-3-4-17(12-18)21-24-19-6-1-2-7-20(19)25-21/h1-12,23H,14H2,(H,24,25). The van der Waals surface area contributed by atoms with Crippen LogP contribution in [0.2, 0.25) is 0 Å². The number of hydrogen-bond acceptors (Lipinski definition) is 3. The minimum absolute atomic E-state index is 0.677. The Balaban J connectivity index is 1.53. The molecule has 1 aromatic heterocycles. The smallest absolute Gasteiger partial charge is 0.138 e.